The van der Waals surface area contributed by atoms with Crippen molar-refractivity contribution in [3.8, 4) is 6.07 Å². The average molecular weight is 350 g/mol. The van der Waals surface area contributed by atoms with Crippen molar-refractivity contribution in [2.45, 2.75) is 41.8 Å². The van der Waals surface area contributed by atoms with Gasteiger partial charge in [-0.05, 0) is 53.2 Å². The van der Waals surface area contributed by atoms with Gasteiger partial charge in [-0.2, -0.15) is 5.26 Å². The van der Waals surface area contributed by atoms with Crippen LogP contribution in [0, 0.1) is 11.3 Å². The summed E-state index contributed by atoms with van der Waals surface area (Å²) in [5, 5.41) is 21.9. The van der Waals surface area contributed by atoms with Crippen molar-refractivity contribution in [2.75, 3.05) is 0 Å². The Labute approximate surface area is 129 Å². The van der Waals surface area contributed by atoms with E-state index in [-0.39, 0.29) is 0 Å². The summed E-state index contributed by atoms with van der Waals surface area (Å²) in [6.07, 6.45) is 4.72. The maximum Gasteiger partial charge on any atom is 0.214 e. The van der Waals surface area contributed by atoms with E-state index < -0.39 is 0 Å². The zero-order valence-electron chi connectivity index (χ0n) is 10.7. The van der Waals surface area contributed by atoms with Crippen molar-refractivity contribution in [2.24, 2.45) is 0 Å². The van der Waals surface area contributed by atoms with Gasteiger partial charge in [0.1, 0.15) is 6.07 Å². The summed E-state index contributed by atoms with van der Waals surface area (Å²) in [6.45, 7) is 0. The molecule has 3 rings (SSSR count). The van der Waals surface area contributed by atoms with E-state index in [9.17, 15) is 5.26 Å². The van der Waals surface area contributed by atoms with E-state index >= 15 is 0 Å². The first-order valence-electron chi connectivity index (χ1n) is 6.43. The Bertz CT molecular complexity index is 657. The second kappa shape index (κ2) is 5.94. The number of hydrogen-bond donors (Lipinski definition) is 0. The molecule has 2 aromatic rings. The molecule has 20 heavy (non-hydrogen) atoms. The molecule has 1 saturated carbocycles. The number of hydrogen-bond acceptors (Lipinski definition) is 5. The maximum absolute atomic E-state index is 9.18. The van der Waals surface area contributed by atoms with Gasteiger partial charge in [-0.3, -0.25) is 0 Å². The minimum Gasteiger partial charge on any atom is -0.217 e. The average Bonchev–Trinajstić information content (AvgIpc) is 3.09. The van der Waals surface area contributed by atoms with Gasteiger partial charge in [0.2, 0.25) is 5.16 Å². The normalized spacial score (nSPS) is 15.4. The van der Waals surface area contributed by atoms with E-state index in [2.05, 4.69) is 37.5 Å². The molecule has 102 valence electrons. The Morgan fingerprint density at radius 2 is 2.15 bits per heavy atom. The van der Waals surface area contributed by atoms with Crippen LogP contribution in [0.3, 0.4) is 0 Å². The van der Waals surface area contributed by atoms with Crippen molar-refractivity contribution in [1.29, 1.82) is 5.26 Å². The first-order valence-corrected chi connectivity index (χ1v) is 8.04. The highest BCUT2D eigenvalue weighted by Crippen LogP contribution is 2.35. The number of nitriles is 1. The molecule has 0 N–H and O–H groups in total. The van der Waals surface area contributed by atoms with Gasteiger partial charge in [-0.25, -0.2) is 4.68 Å². The Morgan fingerprint density at radius 1 is 1.35 bits per heavy atom. The van der Waals surface area contributed by atoms with Crippen molar-refractivity contribution in [1.82, 2.24) is 20.2 Å². The number of benzene rings is 1. The molecule has 1 aliphatic carbocycles. The lowest BCUT2D eigenvalue weighted by Crippen LogP contribution is -2.08. The van der Waals surface area contributed by atoms with E-state index in [1.54, 1.807) is 6.07 Å². The molecule has 1 aromatic heterocycles. The van der Waals surface area contributed by atoms with Crippen molar-refractivity contribution in [3.63, 3.8) is 0 Å². The Morgan fingerprint density at radius 3 is 2.90 bits per heavy atom. The van der Waals surface area contributed by atoms with Crippen LogP contribution in [0.4, 0.5) is 0 Å². The summed E-state index contributed by atoms with van der Waals surface area (Å²) in [4.78, 5) is 0.871. The first kappa shape index (κ1) is 13.6. The molecule has 7 heteroatoms. The van der Waals surface area contributed by atoms with Crippen molar-refractivity contribution in [3.05, 3.63) is 28.2 Å². The van der Waals surface area contributed by atoms with Gasteiger partial charge in [-0.15, -0.1) is 5.10 Å². The van der Waals surface area contributed by atoms with Gasteiger partial charge in [0, 0.05) is 9.37 Å². The predicted octanol–water partition coefficient (Wildman–Crippen LogP) is 3.57. The summed E-state index contributed by atoms with van der Waals surface area (Å²) in [5.74, 6) is 0. The number of rotatable bonds is 3. The highest BCUT2D eigenvalue weighted by Gasteiger charge is 2.22. The lowest BCUT2D eigenvalue weighted by Gasteiger charge is -2.11. The number of tetrazole rings is 1. The Balaban J connectivity index is 1.90. The minimum absolute atomic E-state index is 0.394. The largest absolute Gasteiger partial charge is 0.217 e. The van der Waals surface area contributed by atoms with E-state index in [0.717, 1.165) is 27.4 Å². The molecule has 0 amide bonds. The maximum atomic E-state index is 9.18. The lowest BCUT2D eigenvalue weighted by atomic mass is 10.2. The summed E-state index contributed by atoms with van der Waals surface area (Å²) in [5.41, 5.74) is 0.638. The molecule has 0 bridgehead atoms. The first-order chi connectivity index (χ1) is 9.78. The molecule has 1 aliphatic rings. The van der Waals surface area contributed by atoms with E-state index in [1.807, 2.05) is 16.8 Å². The fourth-order valence-corrected chi connectivity index (χ4v) is 3.88. The molecule has 0 radical (unpaired) electrons. The third-order valence-electron chi connectivity index (χ3n) is 3.40. The summed E-state index contributed by atoms with van der Waals surface area (Å²) < 4.78 is 2.85. The van der Waals surface area contributed by atoms with Crippen LogP contribution < -0.4 is 0 Å². The third kappa shape index (κ3) is 2.72. The molecule has 1 fully saturated rings. The summed E-state index contributed by atoms with van der Waals surface area (Å²) in [7, 11) is 0. The van der Waals surface area contributed by atoms with E-state index in [1.165, 1.54) is 24.6 Å². The quantitative estimate of drug-likeness (QED) is 0.847. The van der Waals surface area contributed by atoms with Crippen LogP contribution in [-0.4, -0.2) is 20.2 Å². The highest BCUT2D eigenvalue weighted by molar-refractivity contribution is 9.10. The molecule has 0 unspecified atom stereocenters. The van der Waals surface area contributed by atoms with Crippen molar-refractivity contribution < 1.29 is 0 Å². The van der Waals surface area contributed by atoms with Gasteiger partial charge < -0.3 is 0 Å². The van der Waals surface area contributed by atoms with Gasteiger partial charge in [-0.1, -0.05) is 28.8 Å². The molecule has 0 spiro atoms. The van der Waals surface area contributed by atoms with Gasteiger partial charge in [0.25, 0.3) is 0 Å². The van der Waals surface area contributed by atoms with Gasteiger partial charge >= 0.3 is 0 Å². The smallest absolute Gasteiger partial charge is 0.214 e. The standard InChI is InChI=1S/C13H12BrN5S/c14-10-6-5-9(8-15)12(7-10)20-13-16-17-18-19(13)11-3-1-2-4-11/h5-7,11H,1-4H2. The zero-order valence-corrected chi connectivity index (χ0v) is 13.1. The molecular weight excluding hydrogens is 338 g/mol. The van der Waals surface area contributed by atoms with Crippen LogP contribution >= 0.6 is 27.7 Å². The molecule has 0 atom stereocenters. The molecule has 1 aromatic carbocycles. The lowest BCUT2D eigenvalue weighted by molar-refractivity contribution is 0.423. The number of aromatic nitrogens is 4. The predicted molar refractivity (Wildman–Crippen MR) is 78.3 cm³/mol. The van der Waals surface area contributed by atoms with Gasteiger partial charge in [0.15, 0.2) is 0 Å². The number of halogens is 1. The van der Waals surface area contributed by atoms with Crippen LogP contribution in [-0.2, 0) is 0 Å². The summed E-state index contributed by atoms with van der Waals surface area (Å²) in [6, 6.07) is 8.19. The van der Waals surface area contributed by atoms with Crippen LogP contribution in [0.15, 0.2) is 32.7 Å². The highest BCUT2D eigenvalue weighted by atomic mass is 79.9. The molecule has 0 saturated heterocycles. The molecule has 1 heterocycles. The van der Waals surface area contributed by atoms with E-state index in [4.69, 9.17) is 0 Å². The van der Waals surface area contributed by atoms with Crippen LogP contribution in [0.1, 0.15) is 37.3 Å². The van der Waals surface area contributed by atoms with E-state index in [0.29, 0.717) is 11.6 Å². The second-order valence-electron chi connectivity index (χ2n) is 4.70. The molecule has 5 nitrogen and oxygen atoms in total. The minimum atomic E-state index is 0.394. The summed E-state index contributed by atoms with van der Waals surface area (Å²) >= 11 is 4.88. The fourth-order valence-electron chi connectivity index (χ4n) is 2.40. The third-order valence-corrected chi connectivity index (χ3v) is 4.90. The number of nitrogens with zero attached hydrogens (tertiary/aromatic N) is 5. The van der Waals surface area contributed by atoms with Crippen molar-refractivity contribution >= 4 is 27.7 Å². The molecule has 0 aliphatic heterocycles. The zero-order chi connectivity index (χ0) is 13.9. The van der Waals surface area contributed by atoms with Crippen LogP contribution in [0.2, 0.25) is 0 Å². The fraction of sp³-hybridized carbons (Fsp3) is 0.385. The van der Waals surface area contributed by atoms with Crippen LogP contribution in [0.25, 0.3) is 0 Å². The van der Waals surface area contributed by atoms with Gasteiger partial charge in [0.05, 0.1) is 11.6 Å². The SMILES string of the molecule is N#Cc1ccc(Br)cc1Sc1nnnn1C1CCCC1. The topological polar surface area (TPSA) is 67.4 Å². The second-order valence-corrected chi connectivity index (χ2v) is 6.62. The molecular formula is C13H12BrN5S. The monoisotopic (exact) mass is 349 g/mol. The van der Waals surface area contributed by atoms with Crippen LogP contribution in [0.5, 0.6) is 0 Å². The Kier molecular flexibility index (Phi) is 4.03. The Hall–Kier alpha value is -1.39.